The SMILES string of the molecule is CC1CCCCC1NC(=O)CNC(=O)c1ccc(F)cc1. The van der Waals surface area contributed by atoms with Gasteiger partial charge in [0.1, 0.15) is 5.82 Å². The van der Waals surface area contributed by atoms with E-state index in [1.54, 1.807) is 0 Å². The van der Waals surface area contributed by atoms with Crippen LogP contribution in [0, 0.1) is 11.7 Å². The quantitative estimate of drug-likeness (QED) is 0.894. The Hall–Kier alpha value is -1.91. The van der Waals surface area contributed by atoms with Crippen molar-refractivity contribution >= 4 is 11.8 Å². The first-order valence-corrected chi connectivity index (χ1v) is 7.39. The number of benzene rings is 1. The summed E-state index contributed by atoms with van der Waals surface area (Å²) in [6.45, 7) is 2.08. The molecule has 1 saturated carbocycles. The first-order valence-electron chi connectivity index (χ1n) is 7.39. The van der Waals surface area contributed by atoms with Crippen LogP contribution in [0.25, 0.3) is 0 Å². The van der Waals surface area contributed by atoms with E-state index in [-0.39, 0.29) is 24.4 Å². The van der Waals surface area contributed by atoms with E-state index in [2.05, 4.69) is 17.6 Å². The van der Waals surface area contributed by atoms with Crippen molar-refractivity contribution in [2.45, 2.75) is 38.6 Å². The Labute approximate surface area is 124 Å². The highest BCUT2D eigenvalue weighted by Crippen LogP contribution is 2.23. The fourth-order valence-electron chi connectivity index (χ4n) is 2.65. The Balaban J connectivity index is 1.78. The summed E-state index contributed by atoms with van der Waals surface area (Å²) in [6.07, 6.45) is 4.48. The number of hydrogen-bond donors (Lipinski definition) is 2. The van der Waals surface area contributed by atoms with Gasteiger partial charge in [-0.1, -0.05) is 19.8 Å². The molecule has 4 nitrogen and oxygen atoms in total. The van der Waals surface area contributed by atoms with Gasteiger partial charge in [-0.3, -0.25) is 9.59 Å². The molecule has 0 aliphatic heterocycles. The molecule has 1 aliphatic rings. The average molecular weight is 292 g/mol. The second kappa shape index (κ2) is 7.20. The molecule has 114 valence electrons. The normalized spacial score (nSPS) is 21.6. The van der Waals surface area contributed by atoms with Crippen LogP contribution < -0.4 is 10.6 Å². The summed E-state index contributed by atoms with van der Waals surface area (Å²) in [7, 11) is 0. The molecule has 0 saturated heterocycles. The average Bonchev–Trinajstić information content (AvgIpc) is 2.48. The molecule has 0 radical (unpaired) electrons. The summed E-state index contributed by atoms with van der Waals surface area (Å²) in [5.74, 6) is -0.461. The van der Waals surface area contributed by atoms with E-state index in [1.807, 2.05) is 0 Å². The molecular formula is C16H21FN2O2. The Morgan fingerprint density at radius 2 is 1.86 bits per heavy atom. The second-order valence-corrected chi connectivity index (χ2v) is 5.63. The Morgan fingerprint density at radius 1 is 1.19 bits per heavy atom. The monoisotopic (exact) mass is 292 g/mol. The lowest BCUT2D eigenvalue weighted by Crippen LogP contribution is -2.45. The lowest BCUT2D eigenvalue weighted by molar-refractivity contribution is -0.121. The molecule has 2 rings (SSSR count). The van der Waals surface area contributed by atoms with Gasteiger partial charge < -0.3 is 10.6 Å². The van der Waals surface area contributed by atoms with Gasteiger partial charge in [-0.05, 0) is 43.0 Å². The van der Waals surface area contributed by atoms with E-state index in [0.29, 0.717) is 11.5 Å². The van der Waals surface area contributed by atoms with Gasteiger partial charge in [0.15, 0.2) is 0 Å². The van der Waals surface area contributed by atoms with Gasteiger partial charge in [0.2, 0.25) is 5.91 Å². The molecule has 1 fully saturated rings. The molecule has 0 bridgehead atoms. The number of hydrogen-bond acceptors (Lipinski definition) is 2. The molecule has 1 aromatic rings. The summed E-state index contributed by atoms with van der Waals surface area (Å²) < 4.78 is 12.8. The van der Waals surface area contributed by atoms with Gasteiger partial charge in [0, 0.05) is 11.6 Å². The summed E-state index contributed by atoms with van der Waals surface area (Å²) >= 11 is 0. The van der Waals surface area contributed by atoms with Gasteiger partial charge in [-0.25, -0.2) is 4.39 Å². The van der Waals surface area contributed by atoms with E-state index in [9.17, 15) is 14.0 Å². The smallest absolute Gasteiger partial charge is 0.251 e. The van der Waals surface area contributed by atoms with Crippen molar-refractivity contribution in [1.29, 1.82) is 0 Å². The fourth-order valence-corrected chi connectivity index (χ4v) is 2.65. The highest BCUT2D eigenvalue weighted by molar-refractivity contribution is 5.96. The van der Waals surface area contributed by atoms with E-state index in [4.69, 9.17) is 0 Å². The maximum absolute atomic E-state index is 12.8. The Morgan fingerprint density at radius 3 is 2.52 bits per heavy atom. The van der Waals surface area contributed by atoms with Crippen molar-refractivity contribution in [2.75, 3.05) is 6.54 Å². The topological polar surface area (TPSA) is 58.2 Å². The number of carbonyl (C=O) groups is 2. The Bertz CT molecular complexity index is 502. The lowest BCUT2D eigenvalue weighted by atomic mass is 9.86. The molecule has 0 spiro atoms. The van der Waals surface area contributed by atoms with Crippen molar-refractivity contribution in [2.24, 2.45) is 5.92 Å². The highest BCUT2D eigenvalue weighted by Gasteiger charge is 2.22. The van der Waals surface area contributed by atoms with Gasteiger partial charge >= 0.3 is 0 Å². The van der Waals surface area contributed by atoms with Crippen LogP contribution >= 0.6 is 0 Å². The van der Waals surface area contributed by atoms with Gasteiger partial charge in [-0.2, -0.15) is 0 Å². The van der Waals surface area contributed by atoms with Crippen LogP contribution in [0.2, 0.25) is 0 Å². The van der Waals surface area contributed by atoms with Crippen LogP contribution in [-0.2, 0) is 4.79 Å². The third-order valence-corrected chi connectivity index (χ3v) is 3.97. The Kier molecular flexibility index (Phi) is 5.31. The molecule has 2 atom stereocenters. The van der Waals surface area contributed by atoms with E-state index in [1.165, 1.54) is 30.7 Å². The molecule has 1 aliphatic carbocycles. The van der Waals surface area contributed by atoms with E-state index < -0.39 is 5.82 Å². The number of halogens is 1. The maximum Gasteiger partial charge on any atom is 0.251 e. The van der Waals surface area contributed by atoms with Gasteiger partial charge in [0.05, 0.1) is 6.54 Å². The first kappa shape index (κ1) is 15.5. The largest absolute Gasteiger partial charge is 0.352 e. The molecule has 0 aromatic heterocycles. The lowest BCUT2D eigenvalue weighted by Gasteiger charge is -2.29. The van der Waals surface area contributed by atoms with Crippen molar-refractivity contribution < 1.29 is 14.0 Å². The second-order valence-electron chi connectivity index (χ2n) is 5.63. The van der Waals surface area contributed by atoms with Crippen LogP contribution in [0.3, 0.4) is 0 Å². The van der Waals surface area contributed by atoms with Crippen LogP contribution in [0.4, 0.5) is 4.39 Å². The number of nitrogens with one attached hydrogen (secondary N) is 2. The van der Waals surface area contributed by atoms with Crippen LogP contribution in [0.5, 0.6) is 0 Å². The molecule has 0 heterocycles. The molecule has 1 aromatic carbocycles. The third-order valence-electron chi connectivity index (χ3n) is 3.97. The van der Waals surface area contributed by atoms with E-state index in [0.717, 1.165) is 19.3 Å². The maximum atomic E-state index is 12.8. The van der Waals surface area contributed by atoms with Gasteiger partial charge in [0.25, 0.3) is 5.91 Å². The van der Waals surface area contributed by atoms with Crippen LogP contribution in [0.1, 0.15) is 43.0 Å². The summed E-state index contributed by atoms with van der Waals surface area (Å²) in [4.78, 5) is 23.7. The van der Waals surface area contributed by atoms with Crippen molar-refractivity contribution in [1.82, 2.24) is 10.6 Å². The summed E-state index contributed by atoms with van der Waals surface area (Å²) in [5, 5.41) is 5.52. The minimum atomic E-state index is -0.393. The zero-order valence-corrected chi connectivity index (χ0v) is 12.2. The van der Waals surface area contributed by atoms with Crippen LogP contribution in [0.15, 0.2) is 24.3 Å². The number of rotatable bonds is 4. The first-order chi connectivity index (χ1) is 10.1. The van der Waals surface area contributed by atoms with Crippen molar-refractivity contribution in [3.8, 4) is 0 Å². The van der Waals surface area contributed by atoms with Gasteiger partial charge in [-0.15, -0.1) is 0 Å². The van der Waals surface area contributed by atoms with Crippen molar-refractivity contribution in [3.63, 3.8) is 0 Å². The predicted molar refractivity (Wildman–Crippen MR) is 78.3 cm³/mol. The number of amides is 2. The molecular weight excluding hydrogens is 271 g/mol. The molecule has 2 N–H and O–H groups in total. The minimum absolute atomic E-state index is 0.0561. The van der Waals surface area contributed by atoms with Crippen molar-refractivity contribution in [3.05, 3.63) is 35.6 Å². The summed E-state index contributed by atoms with van der Waals surface area (Å²) in [5.41, 5.74) is 0.343. The standard InChI is InChI=1S/C16H21FN2O2/c1-11-4-2-3-5-14(11)19-15(20)10-18-16(21)12-6-8-13(17)9-7-12/h6-9,11,14H,2-5,10H2,1H3,(H,18,21)(H,19,20). The van der Waals surface area contributed by atoms with E-state index >= 15 is 0 Å². The summed E-state index contributed by atoms with van der Waals surface area (Å²) in [6, 6.07) is 5.43. The molecule has 21 heavy (non-hydrogen) atoms. The predicted octanol–water partition coefficient (Wildman–Crippen LogP) is 2.25. The van der Waals surface area contributed by atoms with Crippen LogP contribution in [-0.4, -0.2) is 24.4 Å². The third kappa shape index (κ3) is 4.55. The number of carbonyl (C=O) groups excluding carboxylic acids is 2. The fraction of sp³-hybridized carbons (Fsp3) is 0.500. The zero-order valence-electron chi connectivity index (χ0n) is 12.2. The minimum Gasteiger partial charge on any atom is -0.352 e. The molecule has 2 amide bonds. The highest BCUT2D eigenvalue weighted by atomic mass is 19.1. The molecule has 5 heteroatoms. The zero-order chi connectivity index (χ0) is 15.2. The molecule has 2 unspecified atom stereocenters.